The summed E-state index contributed by atoms with van der Waals surface area (Å²) >= 11 is 0. The van der Waals surface area contributed by atoms with Crippen LogP contribution in [0.1, 0.15) is 19.8 Å². The fraction of sp³-hybridized carbons (Fsp3) is 0.611. The first-order chi connectivity index (χ1) is 12.5. The molecule has 0 saturated carbocycles. The topological polar surface area (TPSA) is 93.0 Å². The van der Waals surface area contributed by atoms with Gasteiger partial charge in [-0.2, -0.15) is 4.99 Å². The molecule has 3 aliphatic rings. The largest absolute Gasteiger partial charge is 0.456 e. The highest BCUT2D eigenvalue weighted by molar-refractivity contribution is 6.14. The van der Waals surface area contributed by atoms with E-state index in [4.69, 9.17) is 14.2 Å². The molecule has 1 N–H and O–H groups in total. The number of carbonyl (C=O) groups excluding carboxylic acids is 1. The summed E-state index contributed by atoms with van der Waals surface area (Å²) in [4.78, 5) is 21.4. The van der Waals surface area contributed by atoms with E-state index in [1.54, 1.807) is 0 Å². The van der Waals surface area contributed by atoms with E-state index in [9.17, 15) is 9.90 Å². The van der Waals surface area contributed by atoms with Gasteiger partial charge >= 0.3 is 6.02 Å². The zero-order valence-corrected chi connectivity index (χ0v) is 14.9. The van der Waals surface area contributed by atoms with Gasteiger partial charge in [-0.15, -0.1) is 6.58 Å². The third-order valence-corrected chi connectivity index (χ3v) is 4.75. The molecule has 0 aromatic rings. The van der Waals surface area contributed by atoms with Gasteiger partial charge in [-0.05, 0) is 18.8 Å². The smallest absolute Gasteiger partial charge is 0.306 e. The second kappa shape index (κ2) is 8.11. The van der Waals surface area contributed by atoms with Gasteiger partial charge in [-0.1, -0.05) is 19.6 Å². The Kier molecular flexibility index (Phi) is 5.85. The molecule has 0 aromatic carbocycles. The molecule has 0 spiro atoms. The van der Waals surface area contributed by atoms with Crippen molar-refractivity contribution in [1.82, 2.24) is 4.90 Å². The van der Waals surface area contributed by atoms with Crippen LogP contribution in [0, 0.1) is 5.92 Å². The molecule has 0 radical (unpaired) electrons. The number of rotatable bonds is 7. The number of fused-ring (bicyclic) bond motifs is 1. The van der Waals surface area contributed by atoms with E-state index in [0.29, 0.717) is 30.4 Å². The number of allylic oxidation sites excluding steroid dienone is 1. The van der Waals surface area contributed by atoms with Gasteiger partial charge in [0.1, 0.15) is 18.3 Å². The van der Waals surface area contributed by atoms with Crippen LogP contribution < -0.4 is 0 Å². The lowest BCUT2D eigenvalue weighted by atomic mass is 10.0. The standard InChI is InChI=1S/C18H25N3O5/c1-4-5-11(2)6-7-19-17-12(3)21(10-22)18(20-17)26-14-9-25-15-13(23)8-24-16(14)15/h4,10-11,13-16,23H,1,3,5-9H2,2H3/t11?,13-,14-,15-,16-/m1/s1. The van der Waals surface area contributed by atoms with Crippen molar-refractivity contribution in [3.8, 4) is 0 Å². The first kappa shape index (κ1) is 18.8. The molecule has 1 unspecified atom stereocenters. The number of ether oxygens (including phenoxy) is 3. The van der Waals surface area contributed by atoms with Gasteiger partial charge < -0.3 is 19.3 Å². The molecule has 26 heavy (non-hydrogen) atoms. The molecule has 0 bridgehead atoms. The van der Waals surface area contributed by atoms with Crippen LogP contribution in [0.25, 0.3) is 0 Å². The third-order valence-electron chi connectivity index (χ3n) is 4.75. The van der Waals surface area contributed by atoms with E-state index in [1.165, 1.54) is 4.90 Å². The monoisotopic (exact) mass is 363 g/mol. The summed E-state index contributed by atoms with van der Waals surface area (Å²) < 4.78 is 16.9. The highest BCUT2D eigenvalue weighted by atomic mass is 16.6. The van der Waals surface area contributed by atoms with Crippen LogP contribution in [0.15, 0.2) is 34.9 Å². The van der Waals surface area contributed by atoms with Gasteiger partial charge in [0.05, 0.1) is 18.9 Å². The Labute approximate surface area is 152 Å². The first-order valence-corrected chi connectivity index (χ1v) is 8.81. The van der Waals surface area contributed by atoms with Crippen molar-refractivity contribution in [2.45, 2.75) is 44.2 Å². The minimum absolute atomic E-state index is 0.113. The van der Waals surface area contributed by atoms with Crippen molar-refractivity contribution in [3.05, 3.63) is 24.9 Å². The molecule has 3 rings (SSSR count). The van der Waals surface area contributed by atoms with Crippen LogP contribution in [0.4, 0.5) is 0 Å². The number of amides is 1. The molecule has 0 aromatic heterocycles. The Bertz CT molecular complexity index is 632. The van der Waals surface area contributed by atoms with E-state index in [2.05, 4.69) is 30.1 Å². The maximum absolute atomic E-state index is 11.4. The molecule has 1 amide bonds. The van der Waals surface area contributed by atoms with Crippen LogP contribution in [0.2, 0.25) is 0 Å². The molecule has 3 aliphatic heterocycles. The number of aliphatic hydroxyl groups excluding tert-OH is 1. The van der Waals surface area contributed by atoms with Gasteiger partial charge in [0, 0.05) is 6.54 Å². The lowest BCUT2D eigenvalue weighted by molar-refractivity contribution is -0.114. The Hall–Kier alpha value is -2.03. The van der Waals surface area contributed by atoms with Crippen molar-refractivity contribution in [3.63, 3.8) is 0 Å². The number of hydrogen-bond donors (Lipinski definition) is 1. The lowest BCUT2D eigenvalue weighted by Gasteiger charge is -2.20. The molecular formula is C18H25N3O5. The maximum Gasteiger partial charge on any atom is 0.306 e. The van der Waals surface area contributed by atoms with E-state index >= 15 is 0 Å². The predicted molar refractivity (Wildman–Crippen MR) is 95.7 cm³/mol. The Balaban J connectivity index is 1.64. The van der Waals surface area contributed by atoms with Crippen LogP contribution >= 0.6 is 0 Å². The Morgan fingerprint density at radius 1 is 1.46 bits per heavy atom. The minimum atomic E-state index is -0.661. The van der Waals surface area contributed by atoms with E-state index in [-0.39, 0.29) is 25.3 Å². The number of nitrogens with zero attached hydrogens (tertiary/aromatic N) is 3. The fourth-order valence-corrected chi connectivity index (χ4v) is 3.22. The van der Waals surface area contributed by atoms with Crippen LogP contribution in [-0.4, -0.2) is 72.4 Å². The average Bonchev–Trinajstić information content (AvgIpc) is 3.26. The molecule has 2 saturated heterocycles. The predicted octanol–water partition coefficient (Wildman–Crippen LogP) is 0.873. The summed E-state index contributed by atoms with van der Waals surface area (Å²) in [6, 6.07) is 0.113. The number of carbonyl (C=O) groups is 1. The van der Waals surface area contributed by atoms with Gasteiger partial charge in [0.15, 0.2) is 11.9 Å². The summed E-state index contributed by atoms with van der Waals surface area (Å²) in [5, 5.41) is 9.80. The van der Waals surface area contributed by atoms with Crippen molar-refractivity contribution in [1.29, 1.82) is 0 Å². The minimum Gasteiger partial charge on any atom is -0.456 e. The normalized spacial score (nSPS) is 33.3. The average molecular weight is 363 g/mol. The molecule has 8 heteroatoms. The van der Waals surface area contributed by atoms with Gasteiger partial charge in [0.2, 0.25) is 6.41 Å². The van der Waals surface area contributed by atoms with E-state index in [1.807, 2.05) is 6.08 Å². The molecular weight excluding hydrogens is 338 g/mol. The molecule has 3 heterocycles. The summed E-state index contributed by atoms with van der Waals surface area (Å²) in [5.74, 6) is 0.868. The Morgan fingerprint density at radius 2 is 2.23 bits per heavy atom. The first-order valence-electron chi connectivity index (χ1n) is 8.81. The van der Waals surface area contributed by atoms with Crippen molar-refractivity contribution < 1.29 is 24.1 Å². The van der Waals surface area contributed by atoms with Crippen molar-refractivity contribution in [2.75, 3.05) is 19.8 Å². The second-order valence-corrected chi connectivity index (χ2v) is 6.76. The van der Waals surface area contributed by atoms with Crippen LogP contribution in [0.3, 0.4) is 0 Å². The number of aliphatic hydroxyl groups is 1. The maximum atomic E-state index is 11.4. The summed E-state index contributed by atoms with van der Waals surface area (Å²) in [6.07, 6.45) is 2.42. The van der Waals surface area contributed by atoms with Gasteiger partial charge in [0.25, 0.3) is 0 Å². The van der Waals surface area contributed by atoms with Gasteiger partial charge in [-0.25, -0.2) is 4.90 Å². The van der Waals surface area contributed by atoms with Crippen molar-refractivity contribution in [2.24, 2.45) is 15.9 Å². The zero-order valence-electron chi connectivity index (χ0n) is 14.9. The van der Waals surface area contributed by atoms with E-state index in [0.717, 1.165) is 12.8 Å². The van der Waals surface area contributed by atoms with Crippen LogP contribution in [0.5, 0.6) is 0 Å². The summed E-state index contributed by atoms with van der Waals surface area (Å²) in [6.45, 7) is 10.8. The quantitative estimate of drug-likeness (QED) is 0.535. The molecule has 2 fully saturated rings. The molecule has 5 atom stereocenters. The SMILES string of the molecule is C=CCC(C)CCN=C1N=C(O[C@@H]2CO[C@H]3[C@@H]2OC[C@H]3O)N(C=O)C1=C. The molecule has 0 aliphatic carbocycles. The van der Waals surface area contributed by atoms with Gasteiger partial charge in [-0.3, -0.25) is 9.79 Å². The number of hydrogen-bond acceptors (Lipinski definition) is 6. The number of amidine groups is 2. The fourth-order valence-electron chi connectivity index (χ4n) is 3.22. The van der Waals surface area contributed by atoms with E-state index < -0.39 is 18.3 Å². The summed E-state index contributed by atoms with van der Waals surface area (Å²) in [7, 11) is 0. The highest BCUT2D eigenvalue weighted by Gasteiger charge is 2.49. The highest BCUT2D eigenvalue weighted by Crippen LogP contribution is 2.30. The molecule has 8 nitrogen and oxygen atoms in total. The lowest BCUT2D eigenvalue weighted by Crippen LogP contribution is -2.37. The van der Waals surface area contributed by atoms with Crippen LogP contribution in [-0.2, 0) is 19.0 Å². The zero-order chi connectivity index (χ0) is 18.7. The number of aliphatic imine (C=N–C) groups is 2. The summed E-state index contributed by atoms with van der Waals surface area (Å²) in [5.41, 5.74) is 0.384. The van der Waals surface area contributed by atoms with Crippen molar-refractivity contribution >= 4 is 18.3 Å². The Morgan fingerprint density at radius 3 is 2.96 bits per heavy atom. The third kappa shape index (κ3) is 3.72. The molecule has 142 valence electrons. The second-order valence-electron chi connectivity index (χ2n) is 6.76.